The number of aryl methyl sites for hydroxylation is 2. The molecule has 5 nitrogen and oxygen atoms in total. The summed E-state index contributed by atoms with van der Waals surface area (Å²) in [6.45, 7) is 4.04. The van der Waals surface area contributed by atoms with Gasteiger partial charge in [0.2, 0.25) is 0 Å². The molecule has 3 aromatic carbocycles. The van der Waals surface area contributed by atoms with E-state index < -0.39 is 0 Å². The van der Waals surface area contributed by atoms with Crippen LogP contribution in [0.4, 0.5) is 15.9 Å². The molecule has 2 heterocycles. The van der Waals surface area contributed by atoms with Gasteiger partial charge >= 0.3 is 0 Å². The predicted octanol–water partition coefficient (Wildman–Crippen LogP) is 5.95. The number of benzene rings is 3. The highest BCUT2D eigenvalue weighted by Crippen LogP contribution is 2.35. The van der Waals surface area contributed by atoms with Crippen LogP contribution in [0, 0.1) is 19.7 Å². The standard InChI is InChI=1S/C27H23FN4O/c1-17-3-7-19(8-4-17)24-15-25(20-9-11-21(28)12-10-20)32-26(31-24)23(16-29-32)27(33)30-22-13-5-18(2)6-14-22/h3-16,25,31H,1-2H3,(H,30,33). The van der Waals surface area contributed by atoms with Crippen molar-refractivity contribution < 1.29 is 9.18 Å². The van der Waals surface area contributed by atoms with Crippen LogP contribution >= 0.6 is 0 Å². The molecule has 4 aromatic rings. The monoisotopic (exact) mass is 438 g/mol. The van der Waals surface area contributed by atoms with Crippen LogP contribution in [-0.4, -0.2) is 15.7 Å². The minimum atomic E-state index is -0.297. The van der Waals surface area contributed by atoms with Crippen molar-refractivity contribution in [2.75, 3.05) is 10.6 Å². The normalized spacial score (nSPS) is 14.8. The van der Waals surface area contributed by atoms with Crippen LogP contribution in [0.2, 0.25) is 0 Å². The van der Waals surface area contributed by atoms with E-state index in [9.17, 15) is 9.18 Å². The number of allylic oxidation sites excluding steroid dienone is 1. The zero-order valence-electron chi connectivity index (χ0n) is 18.3. The van der Waals surface area contributed by atoms with Crippen LogP contribution in [0.1, 0.15) is 38.7 Å². The Bertz CT molecular complexity index is 1340. The zero-order chi connectivity index (χ0) is 22.9. The number of carbonyl (C=O) groups excluding carboxylic acids is 1. The molecule has 1 aliphatic rings. The third-order valence-electron chi connectivity index (χ3n) is 5.76. The first kappa shape index (κ1) is 20.7. The van der Waals surface area contributed by atoms with Gasteiger partial charge in [0.25, 0.3) is 5.91 Å². The lowest BCUT2D eigenvalue weighted by Crippen LogP contribution is -2.22. The second-order valence-electron chi connectivity index (χ2n) is 8.24. The van der Waals surface area contributed by atoms with Crippen LogP contribution in [0.5, 0.6) is 0 Å². The lowest BCUT2D eigenvalue weighted by atomic mass is 10.0. The average molecular weight is 439 g/mol. The van der Waals surface area contributed by atoms with Crippen molar-refractivity contribution in [1.82, 2.24) is 9.78 Å². The third kappa shape index (κ3) is 4.15. The van der Waals surface area contributed by atoms with Gasteiger partial charge in [-0.1, -0.05) is 59.7 Å². The van der Waals surface area contributed by atoms with Gasteiger partial charge in [-0.2, -0.15) is 5.10 Å². The highest BCUT2D eigenvalue weighted by Gasteiger charge is 2.28. The van der Waals surface area contributed by atoms with Crippen molar-refractivity contribution in [2.24, 2.45) is 0 Å². The number of hydrogen-bond donors (Lipinski definition) is 2. The fourth-order valence-electron chi connectivity index (χ4n) is 3.90. The van der Waals surface area contributed by atoms with Gasteiger partial charge < -0.3 is 10.6 Å². The molecule has 6 heteroatoms. The molecule has 0 spiro atoms. The smallest absolute Gasteiger partial charge is 0.261 e. The first-order valence-electron chi connectivity index (χ1n) is 10.7. The van der Waals surface area contributed by atoms with E-state index in [0.717, 1.165) is 28.0 Å². The first-order valence-corrected chi connectivity index (χ1v) is 10.7. The van der Waals surface area contributed by atoms with Crippen molar-refractivity contribution in [2.45, 2.75) is 19.9 Å². The number of carbonyl (C=O) groups is 1. The summed E-state index contributed by atoms with van der Waals surface area (Å²) in [5, 5.41) is 10.9. The van der Waals surface area contributed by atoms with Crippen LogP contribution in [0.15, 0.2) is 85.1 Å². The lowest BCUT2D eigenvalue weighted by molar-refractivity contribution is 0.102. The molecule has 1 aromatic heterocycles. The van der Waals surface area contributed by atoms with Gasteiger partial charge in [0, 0.05) is 11.4 Å². The molecule has 0 fully saturated rings. The van der Waals surface area contributed by atoms with Gasteiger partial charge in [-0.05, 0) is 55.3 Å². The van der Waals surface area contributed by atoms with E-state index >= 15 is 0 Å². The molecule has 1 amide bonds. The van der Waals surface area contributed by atoms with Crippen LogP contribution in [0.25, 0.3) is 5.70 Å². The SMILES string of the molecule is Cc1ccc(NC(=O)c2cnn3c2NC(c2ccc(C)cc2)=CC3c2ccc(F)cc2)cc1. The number of fused-ring (bicyclic) bond motifs is 1. The molecule has 5 rings (SSSR count). The molecule has 0 saturated heterocycles. The van der Waals surface area contributed by atoms with Gasteiger partial charge in [-0.3, -0.25) is 4.79 Å². The predicted molar refractivity (Wildman–Crippen MR) is 129 cm³/mol. The van der Waals surface area contributed by atoms with E-state index in [1.54, 1.807) is 23.0 Å². The Hall–Kier alpha value is -4.19. The molecular weight excluding hydrogens is 415 g/mol. The number of hydrogen-bond acceptors (Lipinski definition) is 3. The number of anilines is 2. The number of aromatic nitrogens is 2. The molecule has 0 aliphatic carbocycles. The molecule has 1 aliphatic heterocycles. The summed E-state index contributed by atoms with van der Waals surface area (Å²) in [4.78, 5) is 13.1. The quantitative estimate of drug-likeness (QED) is 0.414. The minimum absolute atomic E-state index is 0.254. The molecule has 2 N–H and O–H groups in total. The summed E-state index contributed by atoms with van der Waals surface area (Å²) >= 11 is 0. The van der Waals surface area contributed by atoms with Gasteiger partial charge in [-0.25, -0.2) is 9.07 Å². The Labute approximate surface area is 191 Å². The van der Waals surface area contributed by atoms with Crippen LogP contribution in [-0.2, 0) is 0 Å². The Morgan fingerprint density at radius 1 is 0.939 bits per heavy atom. The highest BCUT2D eigenvalue weighted by molar-refractivity contribution is 6.08. The van der Waals surface area contributed by atoms with Gasteiger partial charge in [0.05, 0.1) is 12.2 Å². The van der Waals surface area contributed by atoms with E-state index in [2.05, 4.69) is 15.7 Å². The molecule has 1 unspecified atom stereocenters. The number of rotatable bonds is 4. The second-order valence-corrected chi connectivity index (χ2v) is 8.24. The van der Waals surface area contributed by atoms with Gasteiger partial charge in [0.1, 0.15) is 17.2 Å². The minimum Gasteiger partial charge on any atom is -0.339 e. The Morgan fingerprint density at radius 2 is 1.58 bits per heavy atom. The fraction of sp³-hybridized carbons (Fsp3) is 0.111. The number of nitrogens with zero attached hydrogens (tertiary/aromatic N) is 2. The number of amides is 1. The largest absolute Gasteiger partial charge is 0.339 e. The zero-order valence-corrected chi connectivity index (χ0v) is 18.3. The van der Waals surface area contributed by atoms with Gasteiger partial charge in [0.15, 0.2) is 0 Å². The molecule has 164 valence electrons. The Balaban J connectivity index is 1.55. The molecule has 0 radical (unpaired) electrons. The lowest BCUT2D eigenvalue weighted by Gasteiger charge is -2.26. The summed E-state index contributed by atoms with van der Waals surface area (Å²) < 4.78 is 15.3. The number of halogens is 1. The first-order chi connectivity index (χ1) is 16.0. The maximum absolute atomic E-state index is 13.6. The van der Waals surface area contributed by atoms with Crippen molar-refractivity contribution in [3.8, 4) is 0 Å². The maximum atomic E-state index is 13.6. The molecular formula is C27H23FN4O. The van der Waals surface area contributed by atoms with E-state index in [1.807, 2.05) is 68.5 Å². The summed E-state index contributed by atoms with van der Waals surface area (Å²) in [5.41, 5.74) is 6.15. The van der Waals surface area contributed by atoms with Crippen molar-refractivity contribution in [3.63, 3.8) is 0 Å². The molecule has 33 heavy (non-hydrogen) atoms. The van der Waals surface area contributed by atoms with E-state index in [4.69, 9.17) is 0 Å². The second kappa shape index (κ2) is 8.39. The number of nitrogens with one attached hydrogen (secondary N) is 2. The van der Waals surface area contributed by atoms with Crippen molar-refractivity contribution in [1.29, 1.82) is 0 Å². The Kier molecular flexibility index (Phi) is 5.26. The van der Waals surface area contributed by atoms with E-state index in [1.165, 1.54) is 12.1 Å². The topological polar surface area (TPSA) is 59.0 Å². The van der Waals surface area contributed by atoms with Crippen molar-refractivity contribution in [3.05, 3.63) is 119 Å². The molecule has 1 atom stereocenters. The third-order valence-corrected chi connectivity index (χ3v) is 5.76. The average Bonchev–Trinajstić information content (AvgIpc) is 3.25. The maximum Gasteiger partial charge on any atom is 0.261 e. The Morgan fingerprint density at radius 3 is 2.24 bits per heavy atom. The van der Waals surface area contributed by atoms with E-state index in [-0.39, 0.29) is 17.8 Å². The molecule has 0 bridgehead atoms. The van der Waals surface area contributed by atoms with Crippen LogP contribution in [0.3, 0.4) is 0 Å². The highest BCUT2D eigenvalue weighted by atomic mass is 19.1. The summed E-state index contributed by atoms with van der Waals surface area (Å²) in [6, 6.07) is 21.9. The van der Waals surface area contributed by atoms with E-state index in [0.29, 0.717) is 17.1 Å². The van der Waals surface area contributed by atoms with Crippen molar-refractivity contribution >= 4 is 23.1 Å². The summed E-state index contributed by atoms with van der Waals surface area (Å²) in [6.07, 6.45) is 3.61. The molecule has 0 saturated carbocycles. The van der Waals surface area contributed by atoms with Gasteiger partial charge in [-0.15, -0.1) is 0 Å². The summed E-state index contributed by atoms with van der Waals surface area (Å²) in [5.74, 6) is 0.0388. The fourth-order valence-corrected chi connectivity index (χ4v) is 3.90. The van der Waals surface area contributed by atoms with Crippen LogP contribution < -0.4 is 10.6 Å². The summed E-state index contributed by atoms with van der Waals surface area (Å²) in [7, 11) is 0.